The Hall–Kier alpha value is -1.55. The van der Waals surface area contributed by atoms with E-state index in [4.69, 9.17) is 4.52 Å². The van der Waals surface area contributed by atoms with Crippen LogP contribution in [-0.2, 0) is 0 Å². The summed E-state index contributed by atoms with van der Waals surface area (Å²) in [5.41, 5.74) is 1.04. The summed E-state index contributed by atoms with van der Waals surface area (Å²) in [6, 6.07) is 8.50. The first-order valence-electron chi connectivity index (χ1n) is 7.52. The van der Waals surface area contributed by atoms with Crippen LogP contribution in [0.25, 0.3) is 11.0 Å². The lowest BCUT2D eigenvalue weighted by Crippen LogP contribution is -2.66. The summed E-state index contributed by atoms with van der Waals surface area (Å²) in [6.07, 6.45) is 2.58. The van der Waals surface area contributed by atoms with Crippen LogP contribution in [0.3, 0.4) is 0 Å². The van der Waals surface area contributed by atoms with Crippen LogP contribution in [0.4, 0.5) is 5.82 Å². The average molecular weight is 271 g/mol. The molecule has 106 valence electrons. The van der Waals surface area contributed by atoms with Gasteiger partial charge in [0.25, 0.3) is 0 Å². The molecule has 1 aromatic carbocycles. The summed E-state index contributed by atoms with van der Waals surface area (Å²) in [7, 11) is 0. The highest BCUT2D eigenvalue weighted by Gasteiger charge is 2.47. The number of hydrogen-bond donors (Lipinski definition) is 1. The minimum absolute atomic E-state index is 0.182. The molecule has 2 bridgehead atoms. The lowest BCUT2D eigenvalue weighted by molar-refractivity contribution is -0.0189. The maximum absolute atomic E-state index is 5.41. The minimum Gasteiger partial charge on any atom is -0.362 e. The predicted molar refractivity (Wildman–Crippen MR) is 79.8 cm³/mol. The number of rotatable bonds is 2. The molecule has 1 aromatic heterocycles. The van der Waals surface area contributed by atoms with Gasteiger partial charge in [-0.3, -0.25) is 4.90 Å². The molecule has 4 heterocycles. The highest BCUT2D eigenvalue weighted by molar-refractivity contribution is 5.88. The van der Waals surface area contributed by atoms with Crippen LogP contribution in [0.1, 0.15) is 26.7 Å². The second kappa shape index (κ2) is 4.22. The van der Waals surface area contributed by atoms with Crippen molar-refractivity contribution in [2.45, 2.75) is 38.3 Å². The maximum Gasteiger partial charge on any atom is 0.177 e. The Morgan fingerprint density at radius 3 is 2.75 bits per heavy atom. The highest BCUT2D eigenvalue weighted by Crippen LogP contribution is 2.41. The summed E-state index contributed by atoms with van der Waals surface area (Å²) < 4.78 is 5.41. The van der Waals surface area contributed by atoms with Gasteiger partial charge in [-0.05, 0) is 57.8 Å². The van der Waals surface area contributed by atoms with Gasteiger partial charge >= 0.3 is 0 Å². The van der Waals surface area contributed by atoms with E-state index in [-0.39, 0.29) is 5.54 Å². The zero-order valence-corrected chi connectivity index (χ0v) is 12.1. The van der Waals surface area contributed by atoms with Crippen molar-refractivity contribution in [3.05, 3.63) is 24.3 Å². The monoisotopic (exact) mass is 271 g/mol. The molecule has 4 heteroatoms. The molecule has 0 radical (unpaired) electrons. The molecular formula is C16H21N3O. The highest BCUT2D eigenvalue weighted by atomic mass is 16.5. The molecule has 3 saturated heterocycles. The summed E-state index contributed by atoms with van der Waals surface area (Å²) in [4.78, 5) is 2.60. The smallest absolute Gasteiger partial charge is 0.177 e. The molecule has 3 fully saturated rings. The number of piperidine rings is 3. The molecular weight excluding hydrogens is 250 g/mol. The van der Waals surface area contributed by atoms with E-state index < -0.39 is 0 Å². The molecule has 0 spiro atoms. The Morgan fingerprint density at radius 2 is 2.00 bits per heavy atom. The van der Waals surface area contributed by atoms with Gasteiger partial charge in [-0.25, -0.2) is 0 Å². The normalized spacial score (nSPS) is 31.6. The number of benzene rings is 1. The zero-order chi connectivity index (χ0) is 13.7. The van der Waals surface area contributed by atoms with Gasteiger partial charge in [0.15, 0.2) is 11.4 Å². The first-order chi connectivity index (χ1) is 9.66. The average Bonchev–Trinajstić information content (AvgIpc) is 2.87. The van der Waals surface area contributed by atoms with E-state index in [2.05, 4.69) is 35.3 Å². The Kier molecular flexibility index (Phi) is 2.58. The van der Waals surface area contributed by atoms with E-state index in [1.807, 2.05) is 18.2 Å². The van der Waals surface area contributed by atoms with Crippen molar-refractivity contribution >= 4 is 16.8 Å². The summed E-state index contributed by atoms with van der Waals surface area (Å²) in [6.45, 7) is 7.15. The molecule has 0 aliphatic carbocycles. The van der Waals surface area contributed by atoms with Crippen LogP contribution in [0, 0.1) is 5.92 Å². The largest absolute Gasteiger partial charge is 0.362 e. The standard InChI is InChI=1S/C16H21N3O/c1-16(2)14(11-7-9-19(16)10-8-11)17-15-12-5-3-4-6-13(12)20-18-15/h3-6,11,14H,7-10H2,1-2H3,(H,17,18)/t14-/m1/s1. The predicted octanol–water partition coefficient (Wildman–Crippen LogP) is 3.11. The second-order valence-electron chi connectivity index (χ2n) is 6.63. The molecule has 0 saturated carbocycles. The maximum atomic E-state index is 5.41. The van der Waals surface area contributed by atoms with Gasteiger partial charge in [0.05, 0.1) is 5.39 Å². The van der Waals surface area contributed by atoms with E-state index in [9.17, 15) is 0 Å². The third-order valence-electron chi connectivity index (χ3n) is 5.26. The van der Waals surface area contributed by atoms with E-state index in [0.717, 1.165) is 22.7 Å². The van der Waals surface area contributed by atoms with Crippen molar-refractivity contribution in [1.29, 1.82) is 0 Å². The van der Waals surface area contributed by atoms with Gasteiger partial charge < -0.3 is 9.84 Å². The van der Waals surface area contributed by atoms with Gasteiger partial charge in [0.2, 0.25) is 0 Å². The second-order valence-corrected chi connectivity index (χ2v) is 6.63. The van der Waals surface area contributed by atoms with Crippen LogP contribution in [0.2, 0.25) is 0 Å². The van der Waals surface area contributed by atoms with Crippen molar-refractivity contribution in [2.24, 2.45) is 5.92 Å². The number of anilines is 1. The van der Waals surface area contributed by atoms with E-state index in [1.165, 1.54) is 25.9 Å². The van der Waals surface area contributed by atoms with Gasteiger partial charge in [-0.15, -0.1) is 0 Å². The van der Waals surface area contributed by atoms with Crippen molar-refractivity contribution in [2.75, 3.05) is 18.4 Å². The fraction of sp³-hybridized carbons (Fsp3) is 0.562. The van der Waals surface area contributed by atoms with Crippen molar-refractivity contribution in [3.8, 4) is 0 Å². The van der Waals surface area contributed by atoms with Crippen LogP contribution in [0.5, 0.6) is 0 Å². The SMILES string of the molecule is CC1(C)[C@H](Nc2noc3ccccc23)C2CCN1CC2. The molecule has 1 atom stereocenters. The summed E-state index contributed by atoms with van der Waals surface area (Å²) in [5, 5.41) is 9.00. The van der Waals surface area contributed by atoms with Crippen LogP contribution < -0.4 is 5.32 Å². The number of para-hydroxylation sites is 1. The Morgan fingerprint density at radius 1 is 1.25 bits per heavy atom. The number of fused-ring (bicyclic) bond motifs is 4. The number of hydrogen-bond acceptors (Lipinski definition) is 4. The van der Waals surface area contributed by atoms with Crippen molar-refractivity contribution in [1.82, 2.24) is 10.1 Å². The van der Waals surface area contributed by atoms with Gasteiger partial charge in [0, 0.05) is 11.6 Å². The zero-order valence-electron chi connectivity index (χ0n) is 12.1. The Bertz CT molecular complexity index is 625. The van der Waals surface area contributed by atoms with Crippen LogP contribution >= 0.6 is 0 Å². The molecule has 20 heavy (non-hydrogen) atoms. The number of aromatic nitrogens is 1. The molecule has 5 rings (SSSR count). The van der Waals surface area contributed by atoms with Gasteiger partial charge in [-0.2, -0.15) is 0 Å². The summed E-state index contributed by atoms with van der Waals surface area (Å²) in [5.74, 6) is 1.64. The van der Waals surface area contributed by atoms with Crippen LogP contribution in [0.15, 0.2) is 28.8 Å². The van der Waals surface area contributed by atoms with Crippen LogP contribution in [-0.4, -0.2) is 34.7 Å². The fourth-order valence-electron chi connectivity index (χ4n) is 4.01. The molecule has 3 aliphatic rings. The van der Waals surface area contributed by atoms with Crippen molar-refractivity contribution < 1.29 is 4.52 Å². The molecule has 0 amide bonds. The molecule has 0 unspecified atom stereocenters. The lowest BCUT2D eigenvalue weighted by Gasteiger charge is -2.56. The molecule has 1 N–H and O–H groups in total. The fourth-order valence-corrected chi connectivity index (χ4v) is 4.01. The van der Waals surface area contributed by atoms with Gasteiger partial charge in [0.1, 0.15) is 0 Å². The van der Waals surface area contributed by atoms with E-state index in [0.29, 0.717) is 6.04 Å². The lowest BCUT2D eigenvalue weighted by atomic mass is 9.72. The number of nitrogens with one attached hydrogen (secondary N) is 1. The molecule has 2 aromatic rings. The number of nitrogens with zero attached hydrogens (tertiary/aromatic N) is 2. The first kappa shape index (κ1) is 12.2. The van der Waals surface area contributed by atoms with Gasteiger partial charge in [-0.1, -0.05) is 17.3 Å². The first-order valence-corrected chi connectivity index (χ1v) is 7.52. The molecule has 4 nitrogen and oxygen atoms in total. The third-order valence-corrected chi connectivity index (χ3v) is 5.26. The Labute approximate surface area is 119 Å². The van der Waals surface area contributed by atoms with Crippen molar-refractivity contribution in [3.63, 3.8) is 0 Å². The Balaban J connectivity index is 1.68. The van der Waals surface area contributed by atoms with E-state index >= 15 is 0 Å². The minimum atomic E-state index is 0.182. The molecule has 3 aliphatic heterocycles. The third kappa shape index (κ3) is 1.67. The van der Waals surface area contributed by atoms with E-state index in [1.54, 1.807) is 0 Å². The topological polar surface area (TPSA) is 41.3 Å². The quantitative estimate of drug-likeness (QED) is 0.911. The summed E-state index contributed by atoms with van der Waals surface area (Å²) >= 11 is 0.